The van der Waals surface area contributed by atoms with Crippen molar-refractivity contribution < 1.29 is 8.42 Å². The highest BCUT2D eigenvalue weighted by atomic mass is 32.2. The van der Waals surface area contributed by atoms with Gasteiger partial charge in [0, 0.05) is 23.6 Å². The van der Waals surface area contributed by atoms with E-state index in [1.165, 1.54) is 0 Å². The zero-order valence-corrected chi connectivity index (χ0v) is 10.5. The first-order valence-corrected chi connectivity index (χ1v) is 7.30. The molecule has 2 rings (SSSR count). The number of H-pyrrole nitrogens is 1. The van der Waals surface area contributed by atoms with Gasteiger partial charge in [0.2, 0.25) is 10.0 Å². The van der Waals surface area contributed by atoms with Crippen LogP contribution in [0, 0.1) is 0 Å². The Labute approximate surface area is 101 Å². The molecular formula is C12H16N2O2S. The number of hydrogen-bond donors (Lipinski definition) is 2. The Kier molecular flexibility index (Phi) is 3.49. The maximum Gasteiger partial charge on any atom is 0.211 e. The van der Waals surface area contributed by atoms with Gasteiger partial charge in [0.1, 0.15) is 0 Å². The van der Waals surface area contributed by atoms with Crippen LogP contribution in [-0.4, -0.2) is 25.7 Å². The zero-order chi connectivity index (χ0) is 12.3. The van der Waals surface area contributed by atoms with E-state index in [2.05, 4.69) is 9.71 Å². The molecule has 92 valence electrons. The molecule has 0 saturated heterocycles. The first kappa shape index (κ1) is 12.1. The van der Waals surface area contributed by atoms with Crippen LogP contribution in [0.15, 0.2) is 30.5 Å². The Morgan fingerprint density at radius 2 is 2.06 bits per heavy atom. The number of para-hydroxylation sites is 1. The van der Waals surface area contributed by atoms with Gasteiger partial charge in [0.15, 0.2) is 0 Å². The molecular weight excluding hydrogens is 236 g/mol. The molecule has 0 radical (unpaired) electrons. The average molecular weight is 252 g/mol. The summed E-state index contributed by atoms with van der Waals surface area (Å²) < 4.78 is 25.1. The van der Waals surface area contributed by atoms with E-state index >= 15 is 0 Å². The SMILES string of the molecule is CCS(=O)(=O)NCCc1c[nH]c2ccccc12. The lowest BCUT2D eigenvalue weighted by Gasteiger charge is -2.03. The fourth-order valence-corrected chi connectivity index (χ4v) is 2.40. The van der Waals surface area contributed by atoms with Crippen LogP contribution >= 0.6 is 0 Å². The summed E-state index contributed by atoms with van der Waals surface area (Å²) in [7, 11) is -3.09. The molecule has 17 heavy (non-hydrogen) atoms. The number of benzene rings is 1. The molecule has 0 fully saturated rings. The van der Waals surface area contributed by atoms with E-state index in [4.69, 9.17) is 0 Å². The number of aromatic nitrogens is 1. The van der Waals surface area contributed by atoms with Gasteiger partial charge in [-0.25, -0.2) is 13.1 Å². The van der Waals surface area contributed by atoms with E-state index in [0.29, 0.717) is 13.0 Å². The van der Waals surface area contributed by atoms with Crippen molar-refractivity contribution in [2.24, 2.45) is 0 Å². The molecule has 0 aliphatic rings. The second-order valence-corrected chi connectivity index (χ2v) is 6.00. The van der Waals surface area contributed by atoms with Crippen molar-refractivity contribution in [3.63, 3.8) is 0 Å². The standard InChI is InChI=1S/C12H16N2O2S/c1-2-17(15,16)14-8-7-10-9-13-12-6-4-3-5-11(10)12/h3-6,9,13-14H,2,7-8H2,1H3. The van der Waals surface area contributed by atoms with Crippen LogP contribution in [0.2, 0.25) is 0 Å². The Balaban J connectivity index is 2.05. The van der Waals surface area contributed by atoms with Gasteiger partial charge in [-0.15, -0.1) is 0 Å². The van der Waals surface area contributed by atoms with Crippen LogP contribution in [0.5, 0.6) is 0 Å². The quantitative estimate of drug-likeness (QED) is 0.850. The minimum atomic E-state index is -3.09. The van der Waals surface area contributed by atoms with Gasteiger partial charge in [-0.2, -0.15) is 0 Å². The Hall–Kier alpha value is -1.33. The molecule has 1 aromatic carbocycles. The molecule has 0 bridgehead atoms. The zero-order valence-electron chi connectivity index (χ0n) is 9.73. The summed E-state index contributed by atoms with van der Waals surface area (Å²) >= 11 is 0. The highest BCUT2D eigenvalue weighted by molar-refractivity contribution is 7.89. The number of sulfonamides is 1. The summed E-state index contributed by atoms with van der Waals surface area (Å²) in [5, 5.41) is 1.16. The third-order valence-corrected chi connectivity index (χ3v) is 4.18. The Bertz CT molecular complexity index is 602. The fraction of sp³-hybridized carbons (Fsp3) is 0.333. The molecule has 0 spiro atoms. The topological polar surface area (TPSA) is 62.0 Å². The number of hydrogen-bond acceptors (Lipinski definition) is 2. The van der Waals surface area contributed by atoms with Gasteiger partial charge >= 0.3 is 0 Å². The summed E-state index contributed by atoms with van der Waals surface area (Å²) in [6, 6.07) is 8.00. The van der Waals surface area contributed by atoms with Crippen molar-refractivity contribution in [3.05, 3.63) is 36.0 Å². The largest absolute Gasteiger partial charge is 0.361 e. The smallest absolute Gasteiger partial charge is 0.211 e. The van der Waals surface area contributed by atoms with Crippen LogP contribution in [0.1, 0.15) is 12.5 Å². The molecule has 0 saturated carbocycles. The van der Waals surface area contributed by atoms with Crippen LogP contribution in [0.3, 0.4) is 0 Å². The molecule has 0 atom stereocenters. The van der Waals surface area contributed by atoms with Crippen LogP contribution < -0.4 is 4.72 Å². The molecule has 0 aliphatic carbocycles. The van der Waals surface area contributed by atoms with Gasteiger partial charge in [-0.05, 0) is 25.0 Å². The molecule has 4 nitrogen and oxygen atoms in total. The van der Waals surface area contributed by atoms with Crippen LogP contribution in [0.4, 0.5) is 0 Å². The van der Waals surface area contributed by atoms with Gasteiger partial charge < -0.3 is 4.98 Å². The van der Waals surface area contributed by atoms with Crippen molar-refractivity contribution in [2.45, 2.75) is 13.3 Å². The number of rotatable bonds is 5. The lowest BCUT2D eigenvalue weighted by Crippen LogP contribution is -2.27. The highest BCUT2D eigenvalue weighted by Gasteiger charge is 2.07. The maximum absolute atomic E-state index is 11.3. The third-order valence-electron chi connectivity index (χ3n) is 2.77. The summed E-state index contributed by atoms with van der Waals surface area (Å²) in [4.78, 5) is 3.17. The van der Waals surface area contributed by atoms with Gasteiger partial charge in [-0.1, -0.05) is 18.2 Å². The monoisotopic (exact) mass is 252 g/mol. The van der Waals surface area contributed by atoms with Crippen LogP contribution in [0.25, 0.3) is 10.9 Å². The van der Waals surface area contributed by atoms with Gasteiger partial charge in [0.25, 0.3) is 0 Å². The number of fused-ring (bicyclic) bond motifs is 1. The van der Waals surface area contributed by atoms with E-state index in [1.54, 1.807) is 6.92 Å². The minimum Gasteiger partial charge on any atom is -0.361 e. The second-order valence-electron chi connectivity index (χ2n) is 3.91. The first-order chi connectivity index (χ1) is 8.12. The normalized spacial score (nSPS) is 12.1. The fourth-order valence-electron chi connectivity index (χ4n) is 1.78. The Morgan fingerprint density at radius 3 is 2.82 bits per heavy atom. The molecule has 5 heteroatoms. The number of nitrogens with one attached hydrogen (secondary N) is 2. The molecule has 1 aromatic heterocycles. The highest BCUT2D eigenvalue weighted by Crippen LogP contribution is 2.17. The van der Waals surface area contributed by atoms with Crippen molar-refractivity contribution in [1.29, 1.82) is 0 Å². The summed E-state index contributed by atoms with van der Waals surface area (Å²) in [6.45, 7) is 2.08. The van der Waals surface area contributed by atoms with Gasteiger partial charge in [-0.3, -0.25) is 0 Å². The second kappa shape index (κ2) is 4.89. The predicted octanol–water partition coefficient (Wildman–Crippen LogP) is 1.65. The van der Waals surface area contributed by atoms with E-state index in [0.717, 1.165) is 16.5 Å². The molecule has 1 heterocycles. The maximum atomic E-state index is 11.3. The van der Waals surface area contributed by atoms with Crippen molar-refractivity contribution >= 4 is 20.9 Å². The lowest BCUT2D eigenvalue weighted by atomic mass is 10.1. The van der Waals surface area contributed by atoms with E-state index in [9.17, 15) is 8.42 Å². The van der Waals surface area contributed by atoms with Gasteiger partial charge in [0.05, 0.1) is 5.75 Å². The van der Waals surface area contributed by atoms with Crippen molar-refractivity contribution in [1.82, 2.24) is 9.71 Å². The van der Waals surface area contributed by atoms with E-state index < -0.39 is 10.0 Å². The van der Waals surface area contributed by atoms with Crippen molar-refractivity contribution in [3.8, 4) is 0 Å². The summed E-state index contributed by atoms with van der Waals surface area (Å²) in [6.07, 6.45) is 2.63. The average Bonchev–Trinajstić information content (AvgIpc) is 2.73. The minimum absolute atomic E-state index is 0.126. The molecule has 0 unspecified atom stereocenters. The van der Waals surface area contributed by atoms with E-state index in [1.807, 2.05) is 30.5 Å². The molecule has 2 aromatic rings. The van der Waals surface area contributed by atoms with E-state index in [-0.39, 0.29) is 5.75 Å². The predicted molar refractivity (Wildman–Crippen MR) is 69.5 cm³/mol. The van der Waals surface area contributed by atoms with Crippen molar-refractivity contribution in [2.75, 3.05) is 12.3 Å². The lowest BCUT2D eigenvalue weighted by molar-refractivity contribution is 0.583. The molecule has 0 aliphatic heterocycles. The first-order valence-electron chi connectivity index (χ1n) is 5.65. The Morgan fingerprint density at radius 1 is 1.29 bits per heavy atom. The molecule has 0 amide bonds. The molecule has 2 N–H and O–H groups in total. The third kappa shape index (κ3) is 2.87. The summed E-state index contributed by atoms with van der Waals surface area (Å²) in [5.41, 5.74) is 2.22. The van der Waals surface area contributed by atoms with Crippen LogP contribution in [-0.2, 0) is 16.4 Å². The number of aromatic amines is 1. The summed E-state index contributed by atoms with van der Waals surface area (Å²) in [5.74, 6) is 0.126.